The minimum Gasteiger partial charge on any atom is -0.497 e. The molecule has 1 amide bonds. The first-order chi connectivity index (χ1) is 13.5. The summed E-state index contributed by atoms with van der Waals surface area (Å²) < 4.78 is 7.39. The van der Waals surface area contributed by atoms with Crippen LogP contribution in [0.5, 0.6) is 5.75 Å². The van der Waals surface area contributed by atoms with Crippen LogP contribution in [0.15, 0.2) is 41.8 Å². The van der Waals surface area contributed by atoms with Gasteiger partial charge in [-0.15, -0.1) is 11.3 Å². The number of thiophene rings is 1. The number of amides is 1. The number of carbonyl (C=O) groups excluding carboxylic acids is 1. The van der Waals surface area contributed by atoms with Gasteiger partial charge < -0.3 is 10.1 Å². The van der Waals surface area contributed by atoms with Gasteiger partial charge in [0.05, 0.1) is 12.0 Å². The highest BCUT2D eigenvalue weighted by Gasteiger charge is 2.22. The summed E-state index contributed by atoms with van der Waals surface area (Å²) >= 11 is 6.92. The van der Waals surface area contributed by atoms with E-state index in [1.165, 1.54) is 5.56 Å². The van der Waals surface area contributed by atoms with Crippen molar-refractivity contribution in [3.05, 3.63) is 52.1 Å². The molecule has 0 spiro atoms. The van der Waals surface area contributed by atoms with Crippen LogP contribution in [-0.4, -0.2) is 33.8 Å². The molecule has 0 fully saturated rings. The van der Waals surface area contributed by atoms with E-state index >= 15 is 0 Å². The van der Waals surface area contributed by atoms with E-state index in [1.54, 1.807) is 23.0 Å². The number of aromatic nitrogens is 3. The molecule has 0 aliphatic heterocycles. The van der Waals surface area contributed by atoms with E-state index in [-0.39, 0.29) is 11.9 Å². The summed E-state index contributed by atoms with van der Waals surface area (Å²) in [6, 6.07) is 11.5. The maximum atomic E-state index is 12.8. The van der Waals surface area contributed by atoms with Gasteiger partial charge in [-0.25, -0.2) is 0 Å². The summed E-state index contributed by atoms with van der Waals surface area (Å²) in [4.78, 5) is 13.8. The first kappa shape index (κ1) is 20.3. The van der Waals surface area contributed by atoms with Gasteiger partial charge >= 0.3 is 0 Å². The predicted octanol–water partition coefficient (Wildman–Crippen LogP) is 4.38. The number of nitrogens with zero attached hydrogens (tertiary/aromatic N) is 2. The van der Waals surface area contributed by atoms with Crippen molar-refractivity contribution >= 4 is 29.5 Å². The second-order valence-corrected chi connectivity index (χ2v) is 8.01. The fourth-order valence-electron chi connectivity index (χ4n) is 2.97. The van der Waals surface area contributed by atoms with E-state index < -0.39 is 6.04 Å². The van der Waals surface area contributed by atoms with E-state index in [9.17, 15) is 4.79 Å². The SMILES string of the molecule is COc1ccc(CCC(C)NC(=O)C(C)n2c(-c3cccs3)n[nH]c2=S)cc1. The first-order valence-electron chi connectivity index (χ1n) is 9.13. The zero-order valence-corrected chi connectivity index (χ0v) is 17.8. The molecule has 0 bridgehead atoms. The molecule has 6 nitrogen and oxygen atoms in total. The van der Waals surface area contributed by atoms with Gasteiger partial charge in [0.25, 0.3) is 0 Å². The van der Waals surface area contributed by atoms with E-state index in [0.717, 1.165) is 23.5 Å². The van der Waals surface area contributed by atoms with E-state index in [4.69, 9.17) is 17.0 Å². The number of nitrogens with one attached hydrogen (secondary N) is 2. The summed E-state index contributed by atoms with van der Waals surface area (Å²) in [5.41, 5.74) is 1.21. The quantitative estimate of drug-likeness (QED) is 0.535. The Morgan fingerprint density at radius 3 is 2.71 bits per heavy atom. The second-order valence-electron chi connectivity index (χ2n) is 6.67. The molecule has 2 atom stereocenters. The van der Waals surface area contributed by atoms with Crippen LogP contribution < -0.4 is 10.1 Å². The van der Waals surface area contributed by atoms with Crippen LogP contribution in [-0.2, 0) is 11.2 Å². The Labute approximate surface area is 173 Å². The molecule has 28 heavy (non-hydrogen) atoms. The van der Waals surface area contributed by atoms with Crippen LogP contribution in [0, 0.1) is 4.77 Å². The number of aryl methyl sites for hydroxylation is 1. The van der Waals surface area contributed by atoms with Crippen molar-refractivity contribution in [3.8, 4) is 16.5 Å². The lowest BCUT2D eigenvalue weighted by atomic mass is 10.1. The van der Waals surface area contributed by atoms with Gasteiger partial charge in [0.15, 0.2) is 10.6 Å². The highest BCUT2D eigenvalue weighted by molar-refractivity contribution is 7.71. The van der Waals surface area contributed by atoms with Crippen molar-refractivity contribution in [1.82, 2.24) is 20.1 Å². The number of H-pyrrole nitrogens is 1. The van der Waals surface area contributed by atoms with Gasteiger partial charge in [-0.05, 0) is 68.0 Å². The van der Waals surface area contributed by atoms with Crippen molar-refractivity contribution in [2.24, 2.45) is 0 Å². The van der Waals surface area contributed by atoms with Crippen LogP contribution in [0.4, 0.5) is 0 Å². The predicted molar refractivity (Wildman–Crippen MR) is 114 cm³/mol. The number of ether oxygens (including phenoxy) is 1. The Kier molecular flexibility index (Phi) is 6.64. The lowest BCUT2D eigenvalue weighted by Gasteiger charge is -2.19. The van der Waals surface area contributed by atoms with Crippen molar-refractivity contribution in [2.75, 3.05) is 7.11 Å². The Hall–Kier alpha value is -2.45. The van der Waals surface area contributed by atoms with E-state index in [0.29, 0.717) is 10.6 Å². The molecule has 2 heterocycles. The lowest BCUT2D eigenvalue weighted by molar-refractivity contribution is -0.124. The molecule has 148 valence electrons. The van der Waals surface area contributed by atoms with E-state index in [2.05, 4.69) is 15.5 Å². The highest BCUT2D eigenvalue weighted by Crippen LogP contribution is 2.25. The smallest absolute Gasteiger partial charge is 0.243 e. The van der Waals surface area contributed by atoms with Crippen LogP contribution in [0.2, 0.25) is 0 Å². The van der Waals surface area contributed by atoms with Crippen LogP contribution in [0.25, 0.3) is 10.7 Å². The minimum atomic E-state index is -0.452. The molecule has 0 aliphatic rings. The number of methoxy groups -OCH3 is 1. The second kappa shape index (κ2) is 9.16. The summed E-state index contributed by atoms with van der Waals surface area (Å²) in [5, 5.41) is 12.2. The van der Waals surface area contributed by atoms with Crippen LogP contribution in [0.1, 0.15) is 31.9 Å². The number of carbonyl (C=O) groups is 1. The van der Waals surface area contributed by atoms with Crippen molar-refractivity contribution < 1.29 is 9.53 Å². The van der Waals surface area contributed by atoms with Crippen molar-refractivity contribution in [2.45, 2.75) is 38.8 Å². The van der Waals surface area contributed by atoms with Crippen LogP contribution >= 0.6 is 23.6 Å². The van der Waals surface area contributed by atoms with E-state index in [1.807, 2.05) is 55.6 Å². The number of aromatic amines is 1. The molecule has 2 unspecified atom stereocenters. The van der Waals surface area contributed by atoms with Crippen molar-refractivity contribution in [1.29, 1.82) is 0 Å². The van der Waals surface area contributed by atoms with Gasteiger partial charge in [0.2, 0.25) is 5.91 Å². The third-order valence-corrected chi connectivity index (χ3v) is 5.78. The van der Waals surface area contributed by atoms with Crippen LogP contribution in [0.3, 0.4) is 0 Å². The summed E-state index contributed by atoms with van der Waals surface area (Å²) in [7, 11) is 1.66. The molecule has 1 aromatic carbocycles. The number of hydrogen-bond acceptors (Lipinski definition) is 5. The molecule has 0 saturated carbocycles. The molecule has 2 N–H and O–H groups in total. The number of hydrogen-bond donors (Lipinski definition) is 2. The molecule has 0 saturated heterocycles. The average molecular weight is 417 g/mol. The standard InChI is InChI=1S/C20H24N4O2S2/c1-13(6-7-15-8-10-16(26-3)11-9-15)21-19(25)14(2)24-18(22-23-20(24)27)17-5-4-12-28-17/h4-5,8-14H,6-7H2,1-3H3,(H,21,25)(H,23,27). The monoisotopic (exact) mass is 416 g/mol. The molecule has 2 aromatic heterocycles. The van der Waals surface area contributed by atoms with Gasteiger partial charge in [0.1, 0.15) is 11.8 Å². The Bertz CT molecular complexity index is 961. The van der Waals surface area contributed by atoms with Gasteiger partial charge in [-0.1, -0.05) is 18.2 Å². The summed E-state index contributed by atoms with van der Waals surface area (Å²) in [5.74, 6) is 1.46. The zero-order valence-electron chi connectivity index (χ0n) is 16.1. The third kappa shape index (κ3) is 4.69. The summed E-state index contributed by atoms with van der Waals surface area (Å²) in [6.45, 7) is 3.86. The topological polar surface area (TPSA) is 71.9 Å². The average Bonchev–Trinajstić information content (AvgIpc) is 3.35. The molecule has 0 aliphatic carbocycles. The maximum Gasteiger partial charge on any atom is 0.243 e. The van der Waals surface area contributed by atoms with Gasteiger partial charge in [-0.2, -0.15) is 5.10 Å². The maximum absolute atomic E-state index is 12.8. The van der Waals surface area contributed by atoms with Gasteiger partial charge in [-0.3, -0.25) is 14.5 Å². The Balaban J connectivity index is 1.61. The summed E-state index contributed by atoms with van der Waals surface area (Å²) in [6.07, 6.45) is 1.73. The Morgan fingerprint density at radius 1 is 1.32 bits per heavy atom. The fraction of sp³-hybridized carbons (Fsp3) is 0.350. The number of benzene rings is 1. The largest absolute Gasteiger partial charge is 0.497 e. The highest BCUT2D eigenvalue weighted by atomic mass is 32.1. The molecular formula is C20H24N4O2S2. The molecule has 8 heteroatoms. The zero-order chi connectivity index (χ0) is 20.1. The van der Waals surface area contributed by atoms with Crippen molar-refractivity contribution in [3.63, 3.8) is 0 Å². The first-order valence-corrected chi connectivity index (χ1v) is 10.4. The molecular weight excluding hydrogens is 392 g/mol. The molecule has 3 aromatic rings. The molecule has 0 radical (unpaired) electrons. The fourth-order valence-corrected chi connectivity index (χ4v) is 3.97. The Morgan fingerprint density at radius 2 is 2.07 bits per heavy atom. The lowest BCUT2D eigenvalue weighted by Crippen LogP contribution is -2.37. The minimum absolute atomic E-state index is 0.0447. The molecule has 3 rings (SSSR count). The number of rotatable bonds is 8. The third-order valence-electron chi connectivity index (χ3n) is 4.63. The normalized spacial score (nSPS) is 13.1. The van der Waals surface area contributed by atoms with Gasteiger partial charge in [0, 0.05) is 6.04 Å².